The number of rotatable bonds is 7. The molecule has 0 unspecified atom stereocenters. The number of hydrogen-bond acceptors (Lipinski definition) is 4. The van der Waals surface area contributed by atoms with E-state index in [0.717, 1.165) is 19.3 Å². The first-order valence-electron chi connectivity index (χ1n) is 5.87. The molecular weight excluding hydrogens is 262 g/mol. The number of nitrogens with zero attached hydrogens (tertiary/aromatic N) is 3. The summed E-state index contributed by atoms with van der Waals surface area (Å²) in [4.78, 5) is 0. The zero-order chi connectivity index (χ0) is 12.9. The maximum atomic E-state index is 11.2. The Labute approximate surface area is 107 Å². The molecule has 0 bridgehead atoms. The number of hydrogen-bond donors (Lipinski definition) is 0. The van der Waals surface area contributed by atoms with Crippen molar-refractivity contribution >= 4 is 19.7 Å². The Morgan fingerprint density at radius 2 is 1.88 bits per heavy atom. The fraction of sp³-hybridized carbons (Fsp3) is 0.800. The third kappa shape index (κ3) is 3.96. The second kappa shape index (κ2) is 6.35. The predicted molar refractivity (Wildman–Crippen MR) is 66.6 cm³/mol. The van der Waals surface area contributed by atoms with Gasteiger partial charge in [0, 0.05) is 23.6 Å². The SMILES string of the molecule is CCCCCCc1nnc(S(=O)(=O)Cl)n1CC. The van der Waals surface area contributed by atoms with E-state index in [0.29, 0.717) is 12.4 Å². The molecule has 0 aliphatic heterocycles. The van der Waals surface area contributed by atoms with Gasteiger partial charge >= 0.3 is 0 Å². The molecule has 0 aliphatic rings. The summed E-state index contributed by atoms with van der Waals surface area (Å²) in [6, 6.07) is 0. The highest BCUT2D eigenvalue weighted by molar-refractivity contribution is 8.13. The van der Waals surface area contributed by atoms with Crippen LogP contribution in [0.3, 0.4) is 0 Å². The van der Waals surface area contributed by atoms with Gasteiger partial charge in [-0.05, 0) is 13.3 Å². The van der Waals surface area contributed by atoms with Gasteiger partial charge in [-0.3, -0.25) is 0 Å². The van der Waals surface area contributed by atoms with Crippen molar-refractivity contribution in [2.75, 3.05) is 0 Å². The van der Waals surface area contributed by atoms with Crippen molar-refractivity contribution in [3.05, 3.63) is 5.82 Å². The van der Waals surface area contributed by atoms with Crippen molar-refractivity contribution in [3.63, 3.8) is 0 Å². The minimum absolute atomic E-state index is 0.146. The van der Waals surface area contributed by atoms with Gasteiger partial charge in [-0.1, -0.05) is 26.2 Å². The van der Waals surface area contributed by atoms with Gasteiger partial charge in [0.25, 0.3) is 14.2 Å². The summed E-state index contributed by atoms with van der Waals surface area (Å²) in [7, 11) is 1.49. The third-order valence-corrected chi connectivity index (χ3v) is 3.73. The number of aryl methyl sites for hydroxylation is 1. The Bertz CT molecular complexity index is 456. The Hall–Kier alpha value is -0.620. The van der Waals surface area contributed by atoms with E-state index in [4.69, 9.17) is 10.7 Å². The lowest BCUT2D eigenvalue weighted by Gasteiger charge is -2.05. The highest BCUT2D eigenvalue weighted by atomic mass is 35.7. The van der Waals surface area contributed by atoms with Crippen molar-refractivity contribution < 1.29 is 8.42 Å². The van der Waals surface area contributed by atoms with Crippen molar-refractivity contribution in [1.29, 1.82) is 0 Å². The van der Waals surface area contributed by atoms with E-state index < -0.39 is 9.05 Å². The quantitative estimate of drug-likeness (QED) is 0.568. The average molecular weight is 280 g/mol. The second-order valence-electron chi connectivity index (χ2n) is 3.89. The molecule has 0 aromatic carbocycles. The Morgan fingerprint density at radius 3 is 2.41 bits per heavy atom. The van der Waals surface area contributed by atoms with Crippen LogP contribution in [0, 0.1) is 0 Å². The van der Waals surface area contributed by atoms with Gasteiger partial charge in [-0.25, -0.2) is 8.42 Å². The highest BCUT2D eigenvalue weighted by Crippen LogP contribution is 2.15. The fourth-order valence-electron chi connectivity index (χ4n) is 1.71. The largest absolute Gasteiger partial charge is 0.301 e. The van der Waals surface area contributed by atoms with Crippen LogP contribution in [0.4, 0.5) is 0 Å². The van der Waals surface area contributed by atoms with Crippen LogP contribution < -0.4 is 0 Å². The summed E-state index contributed by atoms with van der Waals surface area (Å²) in [6.45, 7) is 4.51. The Kier molecular flexibility index (Phi) is 5.39. The summed E-state index contributed by atoms with van der Waals surface area (Å²) in [5, 5.41) is 7.40. The minimum atomic E-state index is -3.80. The average Bonchev–Trinajstić information content (AvgIpc) is 2.67. The van der Waals surface area contributed by atoms with Crippen LogP contribution in [-0.4, -0.2) is 23.2 Å². The molecule has 98 valence electrons. The van der Waals surface area contributed by atoms with E-state index in [1.807, 2.05) is 6.92 Å². The molecule has 0 saturated heterocycles. The lowest BCUT2D eigenvalue weighted by molar-refractivity contribution is 0.567. The molecule has 1 heterocycles. The summed E-state index contributed by atoms with van der Waals surface area (Å²) < 4.78 is 24.1. The first-order chi connectivity index (χ1) is 8.00. The first kappa shape index (κ1) is 14.4. The predicted octanol–water partition coefficient (Wildman–Crippen LogP) is 2.35. The lowest BCUT2D eigenvalue weighted by atomic mass is 10.1. The number of unbranched alkanes of at least 4 members (excludes halogenated alkanes) is 3. The van der Waals surface area contributed by atoms with Gasteiger partial charge < -0.3 is 4.57 Å². The van der Waals surface area contributed by atoms with Crippen LogP contribution in [0.25, 0.3) is 0 Å². The monoisotopic (exact) mass is 279 g/mol. The molecule has 0 atom stereocenters. The third-order valence-electron chi connectivity index (χ3n) is 2.58. The van der Waals surface area contributed by atoms with E-state index >= 15 is 0 Å². The molecule has 7 heteroatoms. The zero-order valence-corrected chi connectivity index (χ0v) is 11.8. The van der Waals surface area contributed by atoms with Crippen LogP contribution in [0.1, 0.15) is 45.4 Å². The van der Waals surface area contributed by atoms with Gasteiger partial charge in [0.2, 0.25) is 0 Å². The normalized spacial score (nSPS) is 11.9. The van der Waals surface area contributed by atoms with Crippen LogP contribution in [0.5, 0.6) is 0 Å². The molecule has 0 amide bonds. The maximum absolute atomic E-state index is 11.2. The molecule has 1 aromatic rings. The van der Waals surface area contributed by atoms with E-state index in [1.54, 1.807) is 4.57 Å². The van der Waals surface area contributed by atoms with E-state index in [-0.39, 0.29) is 5.16 Å². The summed E-state index contributed by atoms with van der Waals surface area (Å²) in [5.74, 6) is 0.697. The van der Waals surface area contributed by atoms with Crippen LogP contribution in [0.2, 0.25) is 0 Å². The van der Waals surface area contributed by atoms with Gasteiger partial charge in [0.05, 0.1) is 0 Å². The second-order valence-corrected chi connectivity index (χ2v) is 6.35. The lowest BCUT2D eigenvalue weighted by Crippen LogP contribution is -2.08. The Balaban J connectivity index is 2.77. The van der Waals surface area contributed by atoms with E-state index in [1.165, 1.54) is 12.8 Å². The maximum Gasteiger partial charge on any atom is 0.296 e. The first-order valence-corrected chi connectivity index (χ1v) is 8.18. The molecule has 1 aromatic heterocycles. The molecule has 0 spiro atoms. The van der Waals surface area contributed by atoms with Crippen LogP contribution in [0.15, 0.2) is 5.16 Å². The number of aromatic nitrogens is 3. The minimum Gasteiger partial charge on any atom is -0.301 e. The van der Waals surface area contributed by atoms with Crippen molar-refractivity contribution in [2.45, 2.75) is 57.7 Å². The molecule has 5 nitrogen and oxygen atoms in total. The van der Waals surface area contributed by atoms with Gasteiger partial charge in [-0.2, -0.15) is 0 Å². The van der Waals surface area contributed by atoms with E-state index in [9.17, 15) is 8.42 Å². The molecule has 0 saturated carbocycles. The Morgan fingerprint density at radius 1 is 1.18 bits per heavy atom. The number of halogens is 1. The summed E-state index contributed by atoms with van der Waals surface area (Å²) >= 11 is 0. The van der Waals surface area contributed by atoms with Gasteiger partial charge in [0.1, 0.15) is 5.82 Å². The summed E-state index contributed by atoms with van der Waals surface area (Å²) in [6.07, 6.45) is 5.21. The molecule has 0 radical (unpaired) electrons. The molecule has 0 aliphatic carbocycles. The van der Waals surface area contributed by atoms with E-state index in [2.05, 4.69) is 17.1 Å². The van der Waals surface area contributed by atoms with Crippen LogP contribution in [-0.2, 0) is 22.0 Å². The fourth-order valence-corrected chi connectivity index (χ4v) is 2.69. The molecule has 0 fully saturated rings. The standard InChI is InChI=1S/C10H18ClN3O2S/c1-3-5-6-7-8-9-12-13-10(14(9)4-2)17(11,15)16/h3-8H2,1-2H3. The van der Waals surface area contributed by atoms with Gasteiger partial charge in [-0.15, -0.1) is 10.2 Å². The smallest absolute Gasteiger partial charge is 0.296 e. The summed E-state index contributed by atoms with van der Waals surface area (Å²) in [5.41, 5.74) is 0. The van der Waals surface area contributed by atoms with Gasteiger partial charge in [0.15, 0.2) is 0 Å². The van der Waals surface area contributed by atoms with Crippen molar-refractivity contribution in [1.82, 2.24) is 14.8 Å². The highest BCUT2D eigenvalue weighted by Gasteiger charge is 2.21. The zero-order valence-electron chi connectivity index (χ0n) is 10.2. The van der Waals surface area contributed by atoms with Crippen LogP contribution >= 0.6 is 10.7 Å². The molecule has 0 N–H and O–H groups in total. The topological polar surface area (TPSA) is 64.8 Å². The molecule has 17 heavy (non-hydrogen) atoms. The van der Waals surface area contributed by atoms with Crippen molar-refractivity contribution in [2.24, 2.45) is 0 Å². The molecule has 1 rings (SSSR count). The molecular formula is C10H18ClN3O2S. The van der Waals surface area contributed by atoms with Crippen molar-refractivity contribution in [3.8, 4) is 0 Å².